The molecule has 1 aromatic heterocycles. The van der Waals surface area contributed by atoms with Crippen molar-refractivity contribution in [3.05, 3.63) is 28.4 Å². The summed E-state index contributed by atoms with van der Waals surface area (Å²) in [7, 11) is 3.71. The zero-order valence-corrected chi connectivity index (χ0v) is 14.6. The number of fused-ring (bicyclic) bond motifs is 1. The van der Waals surface area contributed by atoms with Crippen molar-refractivity contribution in [1.29, 1.82) is 0 Å². The van der Waals surface area contributed by atoms with Crippen LogP contribution in [0.2, 0.25) is 0 Å². The molecule has 4 N–H and O–H groups in total. The summed E-state index contributed by atoms with van der Waals surface area (Å²) in [5.74, 6) is -2.68. The maximum absolute atomic E-state index is 12.8. The summed E-state index contributed by atoms with van der Waals surface area (Å²) < 4.78 is 20.5. The highest BCUT2D eigenvalue weighted by Gasteiger charge is 2.24. The van der Waals surface area contributed by atoms with Crippen molar-refractivity contribution in [2.45, 2.75) is 0 Å². The predicted octanol–water partition coefficient (Wildman–Crippen LogP) is 2.31. The van der Waals surface area contributed by atoms with Gasteiger partial charge in [-0.25, -0.2) is 0 Å². The zero-order chi connectivity index (χ0) is 19.9. The maximum Gasteiger partial charge on any atom is 0.239 e. The van der Waals surface area contributed by atoms with Crippen molar-refractivity contribution >= 4 is 11.0 Å². The number of rotatable bonds is 4. The fourth-order valence-electron chi connectivity index (χ4n) is 2.80. The average Bonchev–Trinajstić information content (AvgIpc) is 2.61. The Morgan fingerprint density at radius 2 is 1.30 bits per heavy atom. The Labute approximate surface area is 152 Å². The molecule has 0 unspecified atom stereocenters. The second kappa shape index (κ2) is 6.52. The maximum atomic E-state index is 12.8. The van der Waals surface area contributed by atoms with Gasteiger partial charge in [-0.05, 0) is 12.1 Å². The summed E-state index contributed by atoms with van der Waals surface area (Å²) >= 11 is 0. The van der Waals surface area contributed by atoms with Gasteiger partial charge in [-0.15, -0.1) is 0 Å². The number of phenols is 4. The van der Waals surface area contributed by atoms with Crippen molar-refractivity contribution in [2.75, 3.05) is 21.3 Å². The number of hydrogen-bond acceptors (Lipinski definition) is 9. The smallest absolute Gasteiger partial charge is 0.239 e. The van der Waals surface area contributed by atoms with Gasteiger partial charge in [0.15, 0.2) is 28.8 Å². The minimum atomic E-state index is -0.737. The highest BCUT2D eigenvalue weighted by atomic mass is 16.5. The predicted molar refractivity (Wildman–Crippen MR) is 94.2 cm³/mol. The van der Waals surface area contributed by atoms with E-state index >= 15 is 0 Å². The van der Waals surface area contributed by atoms with E-state index in [4.69, 9.17) is 18.6 Å². The molecule has 3 rings (SSSR count). The first-order valence-electron chi connectivity index (χ1n) is 7.58. The molecule has 0 aliphatic carbocycles. The monoisotopic (exact) mass is 376 g/mol. The molecule has 2 aromatic carbocycles. The number of ether oxygens (including phenoxy) is 3. The van der Waals surface area contributed by atoms with Crippen molar-refractivity contribution in [3.8, 4) is 51.6 Å². The molecular formula is C18H16O9. The summed E-state index contributed by atoms with van der Waals surface area (Å²) in [4.78, 5) is 12.8. The van der Waals surface area contributed by atoms with Gasteiger partial charge in [0, 0.05) is 11.6 Å². The number of hydrogen-bond donors (Lipinski definition) is 4. The largest absolute Gasteiger partial charge is 0.504 e. The van der Waals surface area contributed by atoms with Crippen LogP contribution in [0.15, 0.2) is 27.4 Å². The molecule has 9 nitrogen and oxygen atoms in total. The second-order valence-corrected chi connectivity index (χ2v) is 5.49. The van der Waals surface area contributed by atoms with E-state index in [1.165, 1.54) is 33.5 Å². The van der Waals surface area contributed by atoms with Gasteiger partial charge in [0.1, 0.15) is 11.0 Å². The lowest BCUT2D eigenvalue weighted by Crippen LogP contribution is -2.08. The van der Waals surface area contributed by atoms with Crippen LogP contribution < -0.4 is 19.6 Å². The number of benzene rings is 2. The van der Waals surface area contributed by atoms with Gasteiger partial charge in [0.05, 0.1) is 21.3 Å². The van der Waals surface area contributed by atoms with Crippen LogP contribution in [0.5, 0.6) is 40.2 Å². The van der Waals surface area contributed by atoms with Gasteiger partial charge >= 0.3 is 0 Å². The topological polar surface area (TPSA) is 139 Å². The third-order valence-electron chi connectivity index (χ3n) is 3.97. The van der Waals surface area contributed by atoms with Crippen LogP contribution in [-0.2, 0) is 0 Å². The van der Waals surface area contributed by atoms with E-state index < -0.39 is 28.4 Å². The third-order valence-corrected chi connectivity index (χ3v) is 3.97. The second-order valence-electron chi connectivity index (χ2n) is 5.49. The normalized spacial score (nSPS) is 10.8. The Hall–Kier alpha value is -3.75. The molecule has 0 aliphatic rings. The minimum absolute atomic E-state index is 0.108. The van der Waals surface area contributed by atoms with Crippen LogP contribution >= 0.6 is 0 Å². The van der Waals surface area contributed by atoms with Crippen LogP contribution in [0.3, 0.4) is 0 Å². The highest BCUT2D eigenvalue weighted by molar-refractivity contribution is 5.91. The van der Waals surface area contributed by atoms with Gasteiger partial charge in [-0.1, -0.05) is 0 Å². The molecule has 0 atom stereocenters. The van der Waals surface area contributed by atoms with E-state index in [1.54, 1.807) is 0 Å². The lowest BCUT2D eigenvalue weighted by atomic mass is 10.1. The molecular weight excluding hydrogens is 360 g/mol. The molecule has 0 amide bonds. The molecule has 0 radical (unpaired) electrons. The first-order valence-corrected chi connectivity index (χ1v) is 7.58. The lowest BCUT2D eigenvalue weighted by molar-refractivity contribution is 0.344. The van der Waals surface area contributed by atoms with E-state index in [1.807, 2.05) is 0 Å². The molecule has 3 aromatic rings. The van der Waals surface area contributed by atoms with Gasteiger partial charge < -0.3 is 39.1 Å². The van der Waals surface area contributed by atoms with Gasteiger partial charge in [-0.3, -0.25) is 4.79 Å². The molecule has 1 heterocycles. The number of phenolic OH excluding ortho intramolecular Hbond substituents is 4. The van der Waals surface area contributed by atoms with Crippen molar-refractivity contribution in [1.82, 2.24) is 0 Å². The van der Waals surface area contributed by atoms with E-state index in [0.29, 0.717) is 0 Å². The molecule has 27 heavy (non-hydrogen) atoms. The van der Waals surface area contributed by atoms with Gasteiger partial charge in [0.25, 0.3) is 0 Å². The van der Waals surface area contributed by atoms with Crippen LogP contribution in [0, 0.1) is 0 Å². The first-order chi connectivity index (χ1) is 12.8. The highest BCUT2D eigenvalue weighted by Crippen LogP contribution is 2.45. The molecule has 142 valence electrons. The van der Waals surface area contributed by atoms with E-state index in [2.05, 4.69) is 0 Å². The van der Waals surface area contributed by atoms with E-state index in [0.717, 1.165) is 6.07 Å². The average molecular weight is 376 g/mol. The van der Waals surface area contributed by atoms with Crippen molar-refractivity contribution in [3.63, 3.8) is 0 Å². The van der Waals surface area contributed by atoms with Crippen LogP contribution in [0.25, 0.3) is 22.3 Å². The Kier molecular flexibility index (Phi) is 4.36. The minimum Gasteiger partial charge on any atom is -0.504 e. The fourth-order valence-corrected chi connectivity index (χ4v) is 2.80. The van der Waals surface area contributed by atoms with Gasteiger partial charge in [-0.2, -0.15) is 0 Å². The van der Waals surface area contributed by atoms with Crippen LogP contribution in [0.4, 0.5) is 0 Å². The molecule has 9 heteroatoms. The Balaban J connectivity index is 2.40. The standard InChI is InChI=1S/C18H16O9/c1-24-16-8(19)4-7(5-9(16)20)15-18(26-3)14(23)12-11(27-15)6-10(21)17(25-2)13(12)22/h4-6,19-22H,1-3H3. The molecule has 0 spiro atoms. The Morgan fingerprint density at radius 1 is 0.778 bits per heavy atom. The van der Waals surface area contributed by atoms with E-state index in [9.17, 15) is 25.2 Å². The summed E-state index contributed by atoms with van der Waals surface area (Å²) in [6.45, 7) is 0. The third kappa shape index (κ3) is 2.69. The molecule has 0 saturated heterocycles. The zero-order valence-electron chi connectivity index (χ0n) is 14.6. The lowest BCUT2D eigenvalue weighted by Gasteiger charge is -2.13. The molecule has 0 fully saturated rings. The summed E-state index contributed by atoms with van der Waals surface area (Å²) in [6, 6.07) is 3.50. The summed E-state index contributed by atoms with van der Waals surface area (Å²) in [5.41, 5.74) is -0.780. The fraction of sp³-hybridized carbons (Fsp3) is 0.167. The summed E-state index contributed by atoms with van der Waals surface area (Å²) in [5, 5.41) is 39.9. The SMILES string of the molecule is COc1c(O)cc(-c2oc3cc(O)c(OC)c(O)c3c(=O)c2OC)cc1O. The van der Waals surface area contributed by atoms with Gasteiger partial charge in [0.2, 0.25) is 22.7 Å². The Morgan fingerprint density at radius 3 is 1.81 bits per heavy atom. The summed E-state index contributed by atoms with van der Waals surface area (Å²) in [6.07, 6.45) is 0. The van der Waals surface area contributed by atoms with Crippen molar-refractivity contribution < 1.29 is 39.1 Å². The molecule has 0 bridgehead atoms. The van der Waals surface area contributed by atoms with Crippen LogP contribution in [0.1, 0.15) is 0 Å². The van der Waals surface area contributed by atoms with Crippen LogP contribution in [-0.4, -0.2) is 41.8 Å². The number of methoxy groups -OCH3 is 3. The van der Waals surface area contributed by atoms with Crippen molar-refractivity contribution in [2.24, 2.45) is 0 Å². The molecule has 0 aliphatic heterocycles. The quantitative estimate of drug-likeness (QED) is 0.540. The Bertz CT molecular complexity index is 1080. The first kappa shape index (κ1) is 18.1. The number of aromatic hydroxyl groups is 4. The molecule has 0 saturated carbocycles. The van der Waals surface area contributed by atoms with E-state index in [-0.39, 0.29) is 39.5 Å².